The molecular formula is C17H20N2O3. The van der Waals surface area contributed by atoms with E-state index in [2.05, 4.69) is 12.2 Å². The van der Waals surface area contributed by atoms with Crippen molar-refractivity contribution in [3.05, 3.63) is 45.7 Å². The Morgan fingerprint density at radius 1 is 1.50 bits per heavy atom. The van der Waals surface area contributed by atoms with Gasteiger partial charge in [0.1, 0.15) is 5.56 Å². The molecule has 0 saturated heterocycles. The molecule has 1 aliphatic rings. The zero-order chi connectivity index (χ0) is 15.9. The first kappa shape index (κ1) is 14.8. The fraction of sp³-hybridized carbons (Fsp3) is 0.412. The number of rotatable bonds is 4. The summed E-state index contributed by atoms with van der Waals surface area (Å²) in [5, 5.41) is 3.43. The zero-order valence-corrected chi connectivity index (χ0v) is 13.1. The molecule has 1 amide bonds. The highest BCUT2D eigenvalue weighted by Gasteiger charge is 2.24. The molecule has 2 atom stereocenters. The highest BCUT2D eigenvalue weighted by molar-refractivity contribution is 5.98. The Morgan fingerprint density at radius 2 is 2.27 bits per heavy atom. The van der Waals surface area contributed by atoms with E-state index >= 15 is 0 Å². The van der Waals surface area contributed by atoms with Gasteiger partial charge in [-0.3, -0.25) is 9.59 Å². The van der Waals surface area contributed by atoms with Gasteiger partial charge in [-0.05, 0) is 31.9 Å². The van der Waals surface area contributed by atoms with Crippen molar-refractivity contribution < 1.29 is 9.53 Å². The molecule has 0 spiro atoms. The van der Waals surface area contributed by atoms with Gasteiger partial charge in [-0.2, -0.15) is 0 Å². The molecular weight excluding hydrogens is 280 g/mol. The number of carbonyl (C=O) groups is 1. The minimum Gasteiger partial charge on any atom is -0.383 e. The van der Waals surface area contributed by atoms with E-state index in [0.717, 1.165) is 11.9 Å². The van der Waals surface area contributed by atoms with Crippen LogP contribution < -0.4 is 10.7 Å². The van der Waals surface area contributed by atoms with Gasteiger partial charge in [-0.1, -0.05) is 12.1 Å². The number of methoxy groups -OCH3 is 1. The monoisotopic (exact) mass is 300 g/mol. The second-order valence-corrected chi connectivity index (χ2v) is 5.98. The van der Waals surface area contributed by atoms with Gasteiger partial charge in [0, 0.05) is 30.8 Å². The summed E-state index contributed by atoms with van der Waals surface area (Å²) in [6, 6.07) is 5.84. The number of nitrogens with zero attached hydrogens (tertiary/aromatic N) is 1. The number of hydrogen-bond donors (Lipinski definition) is 1. The Labute approximate surface area is 128 Å². The smallest absolute Gasteiger partial charge is 0.257 e. The van der Waals surface area contributed by atoms with E-state index in [-0.39, 0.29) is 29.0 Å². The Hall–Kier alpha value is -2.14. The molecule has 0 bridgehead atoms. The van der Waals surface area contributed by atoms with Crippen LogP contribution in [-0.2, 0) is 11.2 Å². The minimum atomic E-state index is -0.343. The summed E-state index contributed by atoms with van der Waals surface area (Å²) < 4.78 is 7.06. The van der Waals surface area contributed by atoms with Crippen LogP contribution in [0.25, 0.3) is 10.9 Å². The molecule has 116 valence electrons. The van der Waals surface area contributed by atoms with Gasteiger partial charge in [0.25, 0.3) is 5.91 Å². The van der Waals surface area contributed by atoms with Crippen molar-refractivity contribution in [2.24, 2.45) is 0 Å². The van der Waals surface area contributed by atoms with Crippen molar-refractivity contribution >= 4 is 16.8 Å². The van der Waals surface area contributed by atoms with Crippen molar-refractivity contribution in [2.75, 3.05) is 13.7 Å². The van der Waals surface area contributed by atoms with Gasteiger partial charge in [-0.25, -0.2) is 0 Å². The molecule has 0 radical (unpaired) electrons. The topological polar surface area (TPSA) is 60.3 Å². The summed E-state index contributed by atoms with van der Waals surface area (Å²) in [4.78, 5) is 25.0. The summed E-state index contributed by atoms with van der Waals surface area (Å²) in [7, 11) is 1.58. The van der Waals surface area contributed by atoms with Gasteiger partial charge >= 0.3 is 0 Å². The molecule has 1 N–H and O–H groups in total. The van der Waals surface area contributed by atoms with E-state index < -0.39 is 0 Å². The Morgan fingerprint density at radius 3 is 3.00 bits per heavy atom. The van der Waals surface area contributed by atoms with Crippen molar-refractivity contribution in [3.8, 4) is 0 Å². The van der Waals surface area contributed by atoms with E-state index in [1.807, 2.05) is 23.6 Å². The first-order chi connectivity index (χ1) is 10.5. The van der Waals surface area contributed by atoms with Crippen LogP contribution in [0.3, 0.4) is 0 Å². The van der Waals surface area contributed by atoms with Crippen LogP contribution in [0.2, 0.25) is 0 Å². The van der Waals surface area contributed by atoms with Crippen LogP contribution >= 0.6 is 0 Å². The molecule has 5 nitrogen and oxygen atoms in total. The second kappa shape index (κ2) is 5.57. The van der Waals surface area contributed by atoms with E-state index in [1.54, 1.807) is 19.4 Å². The maximum atomic E-state index is 12.6. The lowest BCUT2D eigenvalue weighted by Gasteiger charge is -2.15. The molecule has 1 aromatic heterocycles. The summed E-state index contributed by atoms with van der Waals surface area (Å²) in [5.74, 6) is -0.343. The first-order valence-electron chi connectivity index (χ1n) is 7.49. The molecule has 3 rings (SSSR count). The predicted octanol–water partition coefficient (Wildman–Crippen LogP) is 1.88. The molecule has 0 saturated carbocycles. The molecule has 1 aromatic carbocycles. The zero-order valence-electron chi connectivity index (χ0n) is 13.1. The molecule has 22 heavy (non-hydrogen) atoms. The third-order valence-corrected chi connectivity index (χ3v) is 4.16. The lowest BCUT2D eigenvalue weighted by atomic mass is 10.1. The first-order valence-corrected chi connectivity index (χ1v) is 7.49. The Kier molecular flexibility index (Phi) is 3.74. The number of benzene rings is 1. The van der Waals surface area contributed by atoms with E-state index in [1.165, 1.54) is 5.56 Å². The van der Waals surface area contributed by atoms with Gasteiger partial charge in [0.15, 0.2) is 0 Å². The fourth-order valence-electron chi connectivity index (χ4n) is 3.17. The molecule has 2 aromatic rings. The van der Waals surface area contributed by atoms with Crippen LogP contribution in [0, 0.1) is 0 Å². The highest BCUT2D eigenvalue weighted by Crippen LogP contribution is 2.30. The van der Waals surface area contributed by atoms with Crippen LogP contribution in [0.5, 0.6) is 0 Å². The summed E-state index contributed by atoms with van der Waals surface area (Å²) >= 11 is 0. The maximum absolute atomic E-state index is 12.6. The fourth-order valence-corrected chi connectivity index (χ4v) is 3.17. The van der Waals surface area contributed by atoms with Gasteiger partial charge < -0.3 is 14.6 Å². The largest absolute Gasteiger partial charge is 0.383 e. The molecule has 0 aliphatic carbocycles. The lowest BCUT2D eigenvalue weighted by molar-refractivity contribution is 0.0904. The lowest BCUT2D eigenvalue weighted by Crippen LogP contribution is -2.38. The number of aromatic nitrogens is 1. The predicted molar refractivity (Wildman–Crippen MR) is 85.4 cm³/mol. The van der Waals surface area contributed by atoms with Crippen LogP contribution in [0.1, 0.15) is 35.8 Å². The van der Waals surface area contributed by atoms with Gasteiger partial charge in [0.05, 0.1) is 12.1 Å². The normalized spacial score (nSPS) is 17.7. The summed E-state index contributed by atoms with van der Waals surface area (Å²) in [5.41, 5.74) is 2.12. The van der Waals surface area contributed by atoms with Crippen molar-refractivity contribution in [1.82, 2.24) is 9.88 Å². The number of carbonyl (C=O) groups excluding carboxylic acids is 1. The molecule has 5 heteroatoms. The van der Waals surface area contributed by atoms with E-state index in [4.69, 9.17) is 4.74 Å². The highest BCUT2D eigenvalue weighted by atomic mass is 16.5. The SMILES string of the molecule is COCC(C)NC(=O)c1cn2c3c(cccc3c1=O)CC2C. The minimum absolute atomic E-state index is 0.144. The number of pyridine rings is 1. The average Bonchev–Trinajstić information content (AvgIpc) is 2.79. The quantitative estimate of drug-likeness (QED) is 0.938. The summed E-state index contributed by atoms with van der Waals surface area (Å²) in [6.45, 7) is 4.35. The third kappa shape index (κ3) is 2.31. The Bertz CT molecular complexity index is 794. The maximum Gasteiger partial charge on any atom is 0.257 e. The van der Waals surface area contributed by atoms with Gasteiger partial charge in [-0.15, -0.1) is 0 Å². The third-order valence-electron chi connectivity index (χ3n) is 4.16. The molecule has 1 aliphatic heterocycles. The second-order valence-electron chi connectivity index (χ2n) is 5.98. The Balaban J connectivity index is 2.08. The summed E-state index contributed by atoms with van der Waals surface area (Å²) in [6.07, 6.45) is 2.59. The van der Waals surface area contributed by atoms with Crippen molar-refractivity contribution in [2.45, 2.75) is 32.4 Å². The van der Waals surface area contributed by atoms with E-state index in [9.17, 15) is 9.59 Å². The number of nitrogens with one attached hydrogen (secondary N) is 1. The number of amides is 1. The van der Waals surface area contributed by atoms with Gasteiger partial charge in [0.2, 0.25) is 5.43 Å². The van der Waals surface area contributed by atoms with Crippen LogP contribution in [-0.4, -0.2) is 30.2 Å². The number of para-hydroxylation sites is 1. The van der Waals surface area contributed by atoms with Crippen molar-refractivity contribution in [1.29, 1.82) is 0 Å². The average molecular weight is 300 g/mol. The molecule has 2 heterocycles. The van der Waals surface area contributed by atoms with Crippen LogP contribution in [0.15, 0.2) is 29.2 Å². The number of ether oxygens (including phenoxy) is 1. The molecule has 0 fully saturated rings. The molecule has 2 unspecified atom stereocenters. The van der Waals surface area contributed by atoms with Crippen LogP contribution in [0.4, 0.5) is 0 Å². The number of hydrogen-bond acceptors (Lipinski definition) is 3. The van der Waals surface area contributed by atoms with Crippen molar-refractivity contribution in [3.63, 3.8) is 0 Å². The van der Waals surface area contributed by atoms with E-state index in [0.29, 0.717) is 12.0 Å². The standard InChI is InChI=1S/C17H20N2O3/c1-10(9-22-3)18-17(21)14-8-19-11(2)7-12-5-4-6-13(15(12)19)16(14)20/h4-6,8,10-11H,7,9H2,1-3H3,(H,18,21).